The second-order valence-corrected chi connectivity index (χ2v) is 5.40. The molecule has 0 spiro atoms. The van der Waals surface area contributed by atoms with E-state index in [2.05, 4.69) is 17.1 Å². The molecule has 1 N–H and O–H groups in total. The zero-order valence-electron chi connectivity index (χ0n) is 9.56. The van der Waals surface area contributed by atoms with Gasteiger partial charge in [0.15, 0.2) is 0 Å². The number of anilines is 1. The van der Waals surface area contributed by atoms with E-state index in [1.54, 1.807) is 0 Å². The summed E-state index contributed by atoms with van der Waals surface area (Å²) in [5.41, 5.74) is 1.35. The minimum absolute atomic E-state index is 0.201. The van der Waals surface area contributed by atoms with Crippen molar-refractivity contribution in [2.75, 3.05) is 25.0 Å². The number of rotatable bonds is 2. The van der Waals surface area contributed by atoms with Crippen LogP contribution in [-0.2, 0) is 0 Å². The van der Waals surface area contributed by atoms with Crippen molar-refractivity contribution < 1.29 is 0 Å². The van der Waals surface area contributed by atoms with Crippen molar-refractivity contribution in [3.8, 4) is 0 Å². The SMILES string of the molecule is CNC1(C)CCN(c2ccc(Cl)c(Cl)c2)C1. The van der Waals surface area contributed by atoms with Crippen molar-refractivity contribution >= 4 is 28.9 Å². The number of hydrogen-bond acceptors (Lipinski definition) is 2. The largest absolute Gasteiger partial charge is 0.370 e. The van der Waals surface area contributed by atoms with Crippen molar-refractivity contribution in [1.82, 2.24) is 5.32 Å². The molecule has 1 fully saturated rings. The number of nitrogens with zero attached hydrogens (tertiary/aromatic N) is 1. The Balaban J connectivity index is 2.17. The van der Waals surface area contributed by atoms with Crippen LogP contribution in [0.1, 0.15) is 13.3 Å². The molecule has 2 rings (SSSR count). The second-order valence-electron chi connectivity index (χ2n) is 4.58. The molecule has 1 aliphatic heterocycles. The van der Waals surface area contributed by atoms with Crippen LogP contribution >= 0.6 is 23.2 Å². The maximum atomic E-state index is 6.02. The van der Waals surface area contributed by atoms with E-state index in [9.17, 15) is 0 Å². The first-order valence-corrected chi connectivity index (χ1v) is 6.19. The van der Waals surface area contributed by atoms with Crippen molar-refractivity contribution in [3.63, 3.8) is 0 Å². The Labute approximate surface area is 107 Å². The molecule has 16 heavy (non-hydrogen) atoms. The summed E-state index contributed by atoms with van der Waals surface area (Å²) in [4.78, 5) is 2.33. The van der Waals surface area contributed by atoms with Crippen LogP contribution in [0, 0.1) is 0 Å². The zero-order valence-corrected chi connectivity index (χ0v) is 11.1. The molecule has 4 heteroatoms. The van der Waals surface area contributed by atoms with E-state index in [1.165, 1.54) is 0 Å². The number of nitrogens with one attached hydrogen (secondary N) is 1. The van der Waals surface area contributed by atoms with Gasteiger partial charge in [0.05, 0.1) is 10.0 Å². The Morgan fingerprint density at radius 3 is 2.62 bits per heavy atom. The Bertz CT molecular complexity index is 395. The molecule has 1 unspecified atom stereocenters. The lowest BCUT2D eigenvalue weighted by atomic mass is 10.0. The molecule has 0 radical (unpaired) electrons. The molecule has 0 aliphatic carbocycles. The first-order chi connectivity index (χ1) is 7.54. The van der Waals surface area contributed by atoms with E-state index in [-0.39, 0.29) is 5.54 Å². The van der Waals surface area contributed by atoms with Crippen LogP contribution in [0.3, 0.4) is 0 Å². The van der Waals surface area contributed by atoms with Crippen LogP contribution in [0.25, 0.3) is 0 Å². The van der Waals surface area contributed by atoms with Gasteiger partial charge in [0.1, 0.15) is 0 Å². The highest BCUT2D eigenvalue weighted by Crippen LogP contribution is 2.31. The minimum Gasteiger partial charge on any atom is -0.370 e. The molecule has 1 aromatic rings. The quantitative estimate of drug-likeness (QED) is 0.877. The number of benzene rings is 1. The predicted octanol–water partition coefficient (Wildman–Crippen LogP) is 3.18. The van der Waals surface area contributed by atoms with Gasteiger partial charge in [-0.25, -0.2) is 0 Å². The van der Waals surface area contributed by atoms with Crippen molar-refractivity contribution in [3.05, 3.63) is 28.2 Å². The normalized spacial score (nSPS) is 25.1. The van der Waals surface area contributed by atoms with E-state index < -0.39 is 0 Å². The lowest BCUT2D eigenvalue weighted by molar-refractivity contribution is 0.428. The van der Waals surface area contributed by atoms with Crippen LogP contribution in [0.2, 0.25) is 10.0 Å². The topological polar surface area (TPSA) is 15.3 Å². The van der Waals surface area contributed by atoms with E-state index in [0.29, 0.717) is 10.0 Å². The summed E-state index contributed by atoms with van der Waals surface area (Å²) in [6, 6.07) is 5.81. The van der Waals surface area contributed by atoms with Gasteiger partial charge in [-0.05, 0) is 38.6 Å². The van der Waals surface area contributed by atoms with Crippen LogP contribution in [-0.4, -0.2) is 25.7 Å². The van der Waals surface area contributed by atoms with Gasteiger partial charge in [0, 0.05) is 24.3 Å². The standard InChI is InChI=1S/C12H16Cl2N2/c1-12(15-2)5-6-16(8-12)9-3-4-10(13)11(14)7-9/h3-4,7,15H,5-6,8H2,1-2H3. The van der Waals surface area contributed by atoms with Gasteiger partial charge < -0.3 is 10.2 Å². The van der Waals surface area contributed by atoms with Gasteiger partial charge >= 0.3 is 0 Å². The maximum absolute atomic E-state index is 6.02. The average Bonchev–Trinajstić information content (AvgIpc) is 2.66. The summed E-state index contributed by atoms with van der Waals surface area (Å²) in [6.07, 6.45) is 1.14. The van der Waals surface area contributed by atoms with Crippen molar-refractivity contribution in [2.24, 2.45) is 0 Å². The molecule has 1 aromatic carbocycles. The van der Waals surface area contributed by atoms with Gasteiger partial charge in [0.25, 0.3) is 0 Å². The maximum Gasteiger partial charge on any atom is 0.0612 e. The van der Waals surface area contributed by atoms with Crippen molar-refractivity contribution in [2.45, 2.75) is 18.9 Å². The molecule has 1 atom stereocenters. The minimum atomic E-state index is 0.201. The number of likely N-dealkylation sites (N-methyl/N-ethyl adjacent to an activating group) is 1. The molecule has 1 saturated heterocycles. The van der Waals surface area contributed by atoms with E-state index in [4.69, 9.17) is 23.2 Å². The molecule has 0 bridgehead atoms. The first-order valence-electron chi connectivity index (χ1n) is 5.43. The fourth-order valence-corrected chi connectivity index (χ4v) is 2.36. The Morgan fingerprint density at radius 2 is 2.06 bits per heavy atom. The van der Waals surface area contributed by atoms with Crippen LogP contribution in [0.5, 0.6) is 0 Å². The molecule has 0 aromatic heterocycles. The number of halogens is 2. The predicted molar refractivity (Wildman–Crippen MR) is 70.8 cm³/mol. The van der Waals surface area contributed by atoms with Crippen LogP contribution in [0.4, 0.5) is 5.69 Å². The van der Waals surface area contributed by atoms with Gasteiger partial charge in [-0.3, -0.25) is 0 Å². The second kappa shape index (κ2) is 4.44. The van der Waals surface area contributed by atoms with E-state index in [0.717, 1.165) is 25.2 Å². The summed E-state index contributed by atoms with van der Waals surface area (Å²) in [5, 5.41) is 4.60. The molecular formula is C12H16Cl2N2. The fraction of sp³-hybridized carbons (Fsp3) is 0.500. The van der Waals surface area contributed by atoms with Gasteiger partial charge in [-0.15, -0.1) is 0 Å². The molecule has 2 nitrogen and oxygen atoms in total. The van der Waals surface area contributed by atoms with Gasteiger partial charge in [-0.1, -0.05) is 23.2 Å². The molecule has 1 heterocycles. The summed E-state index contributed by atoms with van der Waals surface area (Å²) in [7, 11) is 2.01. The van der Waals surface area contributed by atoms with Crippen LogP contribution in [0.15, 0.2) is 18.2 Å². The first kappa shape index (κ1) is 12.0. The fourth-order valence-electron chi connectivity index (χ4n) is 2.07. The average molecular weight is 259 g/mol. The third-order valence-electron chi connectivity index (χ3n) is 3.35. The van der Waals surface area contributed by atoms with E-state index in [1.807, 2.05) is 25.2 Å². The summed E-state index contributed by atoms with van der Waals surface area (Å²) in [6.45, 7) is 4.29. The highest BCUT2D eigenvalue weighted by atomic mass is 35.5. The summed E-state index contributed by atoms with van der Waals surface area (Å²) < 4.78 is 0. The molecule has 88 valence electrons. The highest BCUT2D eigenvalue weighted by Gasteiger charge is 2.32. The molecular weight excluding hydrogens is 243 g/mol. The van der Waals surface area contributed by atoms with Crippen molar-refractivity contribution in [1.29, 1.82) is 0 Å². The lowest BCUT2D eigenvalue weighted by Gasteiger charge is -2.25. The highest BCUT2D eigenvalue weighted by molar-refractivity contribution is 6.42. The molecule has 1 aliphatic rings. The van der Waals surface area contributed by atoms with Crippen LogP contribution < -0.4 is 10.2 Å². The molecule has 0 saturated carbocycles. The third-order valence-corrected chi connectivity index (χ3v) is 4.08. The zero-order chi connectivity index (χ0) is 11.8. The van der Waals surface area contributed by atoms with Gasteiger partial charge in [-0.2, -0.15) is 0 Å². The summed E-state index contributed by atoms with van der Waals surface area (Å²) >= 11 is 11.9. The monoisotopic (exact) mass is 258 g/mol. The Kier molecular flexibility index (Phi) is 3.34. The Morgan fingerprint density at radius 1 is 1.31 bits per heavy atom. The Hall–Kier alpha value is -0.440. The third kappa shape index (κ3) is 2.29. The number of hydrogen-bond donors (Lipinski definition) is 1. The summed E-state index contributed by atoms with van der Waals surface area (Å²) in [5.74, 6) is 0. The van der Waals surface area contributed by atoms with E-state index >= 15 is 0 Å². The van der Waals surface area contributed by atoms with Gasteiger partial charge in [0.2, 0.25) is 0 Å². The smallest absolute Gasteiger partial charge is 0.0612 e. The lowest BCUT2D eigenvalue weighted by Crippen LogP contribution is -2.42. The molecule has 0 amide bonds.